The van der Waals surface area contributed by atoms with Gasteiger partial charge < -0.3 is 19.5 Å². The summed E-state index contributed by atoms with van der Waals surface area (Å²) in [6.45, 7) is 3.79. The van der Waals surface area contributed by atoms with Crippen molar-refractivity contribution in [1.29, 1.82) is 0 Å². The van der Waals surface area contributed by atoms with E-state index in [9.17, 15) is 32.3 Å². The molecule has 0 spiro atoms. The molecule has 11 heteroatoms. The monoisotopic (exact) mass is 479 g/mol. The molecule has 1 aliphatic heterocycles. The minimum atomic E-state index is -4.48. The molecule has 1 saturated heterocycles. The quantitative estimate of drug-likeness (QED) is 0.525. The van der Waals surface area contributed by atoms with Crippen LogP contribution in [0.5, 0.6) is 0 Å². The van der Waals surface area contributed by atoms with Crippen molar-refractivity contribution in [2.45, 2.75) is 26.4 Å². The lowest BCUT2D eigenvalue weighted by molar-refractivity contribution is -0.137. The molecule has 2 aromatic rings. The molecule has 0 saturated carbocycles. The fourth-order valence-corrected chi connectivity index (χ4v) is 3.93. The smallest absolute Gasteiger partial charge is 0.416 e. The van der Waals surface area contributed by atoms with Crippen molar-refractivity contribution in [2.24, 2.45) is 0 Å². The Morgan fingerprint density at radius 3 is 2.06 bits per heavy atom. The molecule has 1 aliphatic rings. The van der Waals surface area contributed by atoms with E-state index in [1.807, 2.05) is 0 Å². The number of nitrogens with zero attached hydrogens (tertiary/aromatic N) is 2. The number of hydrogen-bond acceptors (Lipinski definition) is 5. The lowest BCUT2D eigenvalue weighted by Gasteiger charge is -2.35. The molecule has 0 radical (unpaired) electrons. The number of aromatic amines is 1. The van der Waals surface area contributed by atoms with Crippen molar-refractivity contribution in [3.63, 3.8) is 0 Å². The van der Waals surface area contributed by atoms with Crippen LogP contribution >= 0.6 is 0 Å². The van der Waals surface area contributed by atoms with E-state index in [1.54, 1.807) is 6.92 Å². The molecule has 3 rings (SSSR count). The van der Waals surface area contributed by atoms with Crippen LogP contribution in [0.1, 0.15) is 54.9 Å². The van der Waals surface area contributed by atoms with Gasteiger partial charge in [0, 0.05) is 44.4 Å². The molecule has 1 N–H and O–H groups in total. The molecule has 0 bridgehead atoms. The average Bonchev–Trinajstić information content (AvgIpc) is 3.13. The first-order valence-corrected chi connectivity index (χ1v) is 10.5. The van der Waals surface area contributed by atoms with E-state index in [2.05, 4.69) is 4.98 Å². The second kappa shape index (κ2) is 9.70. The first-order valence-electron chi connectivity index (χ1n) is 10.5. The van der Waals surface area contributed by atoms with Gasteiger partial charge in [0.1, 0.15) is 0 Å². The van der Waals surface area contributed by atoms with E-state index in [-0.39, 0.29) is 66.8 Å². The first-order chi connectivity index (χ1) is 15.9. The van der Waals surface area contributed by atoms with Crippen LogP contribution in [-0.2, 0) is 22.1 Å². The Labute approximate surface area is 193 Å². The molecule has 0 unspecified atom stereocenters. The molecule has 0 aliphatic carbocycles. The van der Waals surface area contributed by atoms with Gasteiger partial charge in [-0.2, -0.15) is 13.2 Å². The number of alkyl halides is 3. The lowest BCUT2D eigenvalue weighted by atomic mass is 10.1. The number of rotatable bonds is 5. The van der Waals surface area contributed by atoms with Gasteiger partial charge in [-0.15, -0.1) is 0 Å². The predicted molar refractivity (Wildman–Crippen MR) is 115 cm³/mol. The lowest BCUT2D eigenvalue weighted by Crippen LogP contribution is -2.51. The second-order valence-electron chi connectivity index (χ2n) is 7.95. The number of amides is 2. The minimum absolute atomic E-state index is 0.133. The number of piperazine rings is 1. The van der Waals surface area contributed by atoms with Crippen molar-refractivity contribution in [3.8, 4) is 0 Å². The molecule has 2 heterocycles. The number of halogens is 3. The minimum Gasteiger partial charge on any atom is -0.465 e. The topological polar surface area (TPSA) is 99.8 Å². The number of ketones is 1. The largest absolute Gasteiger partial charge is 0.465 e. The fraction of sp³-hybridized carbons (Fsp3) is 0.391. The van der Waals surface area contributed by atoms with Crippen LogP contribution in [-0.4, -0.2) is 71.6 Å². The number of ether oxygens (including phenoxy) is 1. The molecule has 8 nitrogen and oxygen atoms in total. The number of nitrogens with one attached hydrogen (secondary N) is 1. The zero-order chi connectivity index (χ0) is 25.2. The number of aromatic nitrogens is 1. The van der Waals surface area contributed by atoms with Crippen LogP contribution in [0.3, 0.4) is 0 Å². The number of H-pyrrole nitrogens is 1. The van der Waals surface area contributed by atoms with Gasteiger partial charge in [0.05, 0.1) is 30.4 Å². The van der Waals surface area contributed by atoms with Crippen LogP contribution in [0, 0.1) is 6.92 Å². The number of esters is 1. The normalized spacial score (nSPS) is 14.2. The number of carbonyl (C=O) groups is 4. The highest BCUT2D eigenvalue weighted by Crippen LogP contribution is 2.29. The standard InChI is InChI=1S/C23H24F3N3O5/c1-13-19(22(33)34-3)17(27-20(13)14(2)30)12-18(31)28-8-10-29(11-9-28)21(32)15-4-6-16(7-5-15)23(24,25)26/h4-7,27H,8-12H2,1-3H3. The van der Waals surface area contributed by atoms with E-state index in [1.165, 1.54) is 23.8 Å². The molecule has 1 aromatic carbocycles. The van der Waals surface area contributed by atoms with Crippen molar-refractivity contribution >= 4 is 23.6 Å². The third-order valence-electron chi connectivity index (χ3n) is 5.78. The Hall–Kier alpha value is -3.63. The molecule has 2 amide bonds. The molecule has 1 fully saturated rings. The molecule has 34 heavy (non-hydrogen) atoms. The van der Waals surface area contributed by atoms with Gasteiger partial charge in [-0.3, -0.25) is 14.4 Å². The molecule has 0 atom stereocenters. The maximum Gasteiger partial charge on any atom is 0.416 e. The Morgan fingerprint density at radius 1 is 1.00 bits per heavy atom. The highest BCUT2D eigenvalue weighted by Gasteiger charge is 2.31. The maximum atomic E-state index is 12.9. The van der Waals surface area contributed by atoms with E-state index >= 15 is 0 Å². The summed E-state index contributed by atoms with van der Waals surface area (Å²) >= 11 is 0. The van der Waals surface area contributed by atoms with E-state index in [0.29, 0.717) is 5.56 Å². The number of hydrogen-bond donors (Lipinski definition) is 1. The second-order valence-corrected chi connectivity index (χ2v) is 7.95. The van der Waals surface area contributed by atoms with Crippen molar-refractivity contribution in [2.75, 3.05) is 33.3 Å². The van der Waals surface area contributed by atoms with Crippen LogP contribution < -0.4 is 0 Å². The number of methoxy groups -OCH3 is 1. The average molecular weight is 479 g/mol. The summed E-state index contributed by atoms with van der Waals surface area (Å²) in [4.78, 5) is 55.4. The summed E-state index contributed by atoms with van der Waals surface area (Å²) in [6.07, 6.45) is -4.64. The van der Waals surface area contributed by atoms with Crippen molar-refractivity contribution in [1.82, 2.24) is 14.8 Å². The van der Waals surface area contributed by atoms with Gasteiger partial charge in [-0.1, -0.05) is 0 Å². The van der Waals surface area contributed by atoms with Crippen LogP contribution in [0.2, 0.25) is 0 Å². The van der Waals surface area contributed by atoms with E-state index < -0.39 is 23.6 Å². The summed E-state index contributed by atoms with van der Waals surface area (Å²) in [7, 11) is 1.21. The summed E-state index contributed by atoms with van der Waals surface area (Å²) in [5.41, 5.74) is 0.372. The highest BCUT2D eigenvalue weighted by molar-refractivity contribution is 6.01. The molecule has 182 valence electrons. The van der Waals surface area contributed by atoms with E-state index in [0.717, 1.165) is 24.3 Å². The Kier molecular flexibility index (Phi) is 7.13. The van der Waals surface area contributed by atoms with Gasteiger partial charge >= 0.3 is 12.1 Å². The summed E-state index contributed by atoms with van der Waals surface area (Å²) in [6, 6.07) is 3.99. The highest BCUT2D eigenvalue weighted by atomic mass is 19.4. The Bertz CT molecular complexity index is 1110. The Balaban J connectivity index is 1.65. The molecule has 1 aromatic heterocycles. The van der Waals surface area contributed by atoms with Crippen LogP contribution in [0.15, 0.2) is 24.3 Å². The maximum absolute atomic E-state index is 12.9. The van der Waals surface area contributed by atoms with Gasteiger partial charge in [0.25, 0.3) is 5.91 Å². The van der Waals surface area contributed by atoms with Crippen LogP contribution in [0.25, 0.3) is 0 Å². The zero-order valence-electron chi connectivity index (χ0n) is 18.9. The number of benzene rings is 1. The van der Waals surface area contributed by atoms with Gasteiger partial charge in [0.2, 0.25) is 5.91 Å². The summed E-state index contributed by atoms with van der Waals surface area (Å²) < 4.78 is 43.0. The SMILES string of the molecule is COC(=O)c1c(CC(=O)N2CCN(C(=O)c3ccc(C(F)(F)F)cc3)CC2)[nH]c(C(C)=O)c1C. The molecular formula is C23H24F3N3O5. The van der Waals surface area contributed by atoms with Gasteiger partial charge in [-0.05, 0) is 36.8 Å². The zero-order valence-corrected chi connectivity index (χ0v) is 18.9. The fourth-order valence-electron chi connectivity index (χ4n) is 3.93. The third-order valence-corrected chi connectivity index (χ3v) is 5.78. The van der Waals surface area contributed by atoms with Gasteiger partial charge in [0.15, 0.2) is 5.78 Å². The van der Waals surface area contributed by atoms with Crippen molar-refractivity contribution in [3.05, 3.63) is 57.9 Å². The third kappa shape index (κ3) is 5.13. The Morgan fingerprint density at radius 2 is 1.56 bits per heavy atom. The van der Waals surface area contributed by atoms with Crippen LogP contribution in [0.4, 0.5) is 13.2 Å². The predicted octanol–water partition coefficient (Wildman–Crippen LogP) is 2.86. The summed E-state index contributed by atoms with van der Waals surface area (Å²) in [5.74, 6) is -1.66. The van der Waals surface area contributed by atoms with Gasteiger partial charge in [-0.25, -0.2) is 4.79 Å². The van der Waals surface area contributed by atoms with E-state index in [4.69, 9.17) is 4.74 Å². The number of Topliss-reactive ketones (excluding diaryl/α,β-unsaturated/α-hetero) is 1. The summed E-state index contributed by atoms with van der Waals surface area (Å²) in [5, 5.41) is 0. The van der Waals surface area contributed by atoms with Crippen molar-refractivity contribution < 1.29 is 37.1 Å². The first kappa shape index (κ1) is 25.0. The number of carbonyl (C=O) groups excluding carboxylic acids is 4. The molecular weight excluding hydrogens is 455 g/mol.